The Balaban J connectivity index is 1.88. The van der Waals surface area contributed by atoms with Crippen LogP contribution in [0.5, 0.6) is 0 Å². The standard InChI is InChI=1S/C15H14ClN3OS/c1-9-5-10(2)14(12(16)6-9)17-8-11-7-13(20)19-3-4-21-15(19)18-11/h3-7,17H,8H2,1-2H3. The van der Waals surface area contributed by atoms with Gasteiger partial charge in [0.15, 0.2) is 4.96 Å². The second-order valence-electron chi connectivity index (χ2n) is 4.93. The van der Waals surface area contributed by atoms with Crippen LogP contribution in [0, 0.1) is 13.8 Å². The van der Waals surface area contributed by atoms with Crippen molar-refractivity contribution in [3.05, 3.63) is 62.0 Å². The maximum Gasteiger partial charge on any atom is 0.258 e. The number of hydrogen-bond donors (Lipinski definition) is 1. The zero-order valence-corrected chi connectivity index (χ0v) is 13.3. The summed E-state index contributed by atoms with van der Waals surface area (Å²) in [5.74, 6) is 0. The van der Waals surface area contributed by atoms with E-state index in [2.05, 4.69) is 16.4 Å². The minimum atomic E-state index is -0.0650. The first-order chi connectivity index (χ1) is 10.0. The molecule has 0 fully saturated rings. The van der Waals surface area contributed by atoms with E-state index < -0.39 is 0 Å². The highest BCUT2D eigenvalue weighted by molar-refractivity contribution is 7.15. The lowest BCUT2D eigenvalue weighted by Crippen LogP contribution is -2.15. The van der Waals surface area contributed by atoms with Gasteiger partial charge in [-0.3, -0.25) is 9.20 Å². The minimum Gasteiger partial charge on any atom is -0.378 e. The van der Waals surface area contributed by atoms with Gasteiger partial charge in [-0.1, -0.05) is 17.7 Å². The molecule has 3 aromatic rings. The Bertz CT molecular complexity index is 846. The summed E-state index contributed by atoms with van der Waals surface area (Å²) in [4.78, 5) is 17.1. The number of benzene rings is 1. The largest absolute Gasteiger partial charge is 0.378 e. The second-order valence-corrected chi connectivity index (χ2v) is 6.21. The summed E-state index contributed by atoms with van der Waals surface area (Å²) >= 11 is 7.71. The zero-order valence-electron chi connectivity index (χ0n) is 11.7. The van der Waals surface area contributed by atoms with Crippen molar-refractivity contribution in [2.75, 3.05) is 5.32 Å². The summed E-state index contributed by atoms with van der Waals surface area (Å²) in [6.45, 7) is 4.48. The molecule has 6 heteroatoms. The molecule has 0 unspecified atom stereocenters. The van der Waals surface area contributed by atoms with Gasteiger partial charge in [0.25, 0.3) is 5.56 Å². The lowest BCUT2D eigenvalue weighted by atomic mass is 10.1. The van der Waals surface area contributed by atoms with Crippen molar-refractivity contribution in [1.29, 1.82) is 0 Å². The number of anilines is 1. The van der Waals surface area contributed by atoms with E-state index in [4.69, 9.17) is 11.6 Å². The fourth-order valence-corrected chi connectivity index (χ4v) is 3.42. The average molecular weight is 320 g/mol. The number of nitrogens with one attached hydrogen (secondary N) is 1. The van der Waals surface area contributed by atoms with E-state index in [1.165, 1.54) is 15.7 Å². The smallest absolute Gasteiger partial charge is 0.258 e. The Labute approximate surface area is 131 Å². The first kappa shape index (κ1) is 14.1. The van der Waals surface area contributed by atoms with Crippen molar-refractivity contribution in [3.8, 4) is 0 Å². The maximum absolute atomic E-state index is 11.9. The summed E-state index contributed by atoms with van der Waals surface area (Å²) in [5.41, 5.74) is 3.73. The molecule has 0 saturated heterocycles. The van der Waals surface area contributed by atoms with Gasteiger partial charge in [-0.15, -0.1) is 11.3 Å². The van der Waals surface area contributed by atoms with Gasteiger partial charge in [-0.2, -0.15) is 0 Å². The molecule has 0 aliphatic carbocycles. The van der Waals surface area contributed by atoms with Crippen LogP contribution in [-0.4, -0.2) is 9.38 Å². The fraction of sp³-hybridized carbons (Fsp3) is 0.200. The molecule has 3 rings (SSSR count). The van der Waals surface area contributed by atoms with Crippen LogP contribution in [0.3, 0.4) is 0 Å². The van der Waals surface area contributed by atoms with E-state index in [9.17, 15) is 4.79 Å². The van der Waals surface area contributed by atoms with Gasteiger partial charge in [0.2, 0.25) is 0 Å². The quantitative estimate of drug-likeness (QED) is 0.801. The molecule has 0 aliphatic rings. The summed E-state index contributed by atoms with van der Waals surface area (Å²) in [5, 5.41) is 5.80. The molecule has 21 heavy (non-hydrogen) atoms. The average Bonchev–Trinajstić information content (AvgIpc) is 2.86. The Morgan fingerprint density at radius 1 is 1.33 bits per heavy atom. The summed E-state index contributed by atoms with van der Waals surface area (Å²) in [7, 11) is 0. The Morgan fingerprint density at radius 3 is 2.90 bits per heavy atom. The van der Waals surface area contributed by atoms with Gasteiger partial charge in [-0.25, -0.2) is 4.98 Å². The molecule has 0 spiro atoms. The van der Waals surface area contributed by atoms with Gasteiger partial charge in [0, 0.05) is 17.6 Å². The number of rotatable bonds is 3. The van der Waals surface area contributed by atoms with Crippen LogP contribution >= 0.6 is 22.9 Å². The normalized spacial score (nSPS) is 11.0. The number of hydrogen-bond acceptors (Lipinski definition) is 4. The van der Waals surface area contributed by atoms with E-state index in [0.717, 1.165) is 16.8 Å². The SMILES string of the molecule is Cc1cc(C)c(NCc2cc(=O)n3ccsc3n2)c(Cl)c1. The molecular formula is C15H14ClN3OS. The predicted octanol–water partition coefficient (Wildman–Crippen LogP) is 3.64. The van der Waals surface area contributed by atoms with Crippen LogP contribution in [0.25, 0.3) is 4.96 Å². The molecular weight excluding hydrogens is 306 g/mol. The topological polar surface area (TPSA) is 46.4 Å². The third kappa shape index (κ3) is 2.80. The van der Waals surface area contributed by atoms with E-state index in [-0.39, 0.29) is 5.56 Å². The van der Waals surface area contributed by atoms with Crippen molar-refractivity contribution in [2.24, 2.45) is 0 Å². The highest BCUT2D eigenvalue weighted by atomic mass is 35.5. The molecule has 0 amide bonds. The highest BCUT2D eigenvalue weighted by Crippen LogP contribution is 2.27. The van der Waals surface area contributed by atoms with E-state index in [1.807, 2.05) is 25.3 Å². The van der Waals surface area contributed by atoms with Crippen LogP contribution < -0.4 is 10.9 Å². The van der Waals surface area contributed by atoms with Crippen LogP contribution in [0.1, 0.15) is 16.8 Å². The maximum atomic E-state index is 11.9. The van der Waals surface area contributed by atoms with Crippen molar-refractivity contribution in [3.63, 3.8) is 0 Å². The van der Waals surface area contributed by atoms with Crippen molar-refractivity contribution < 1.29 is 0 Å². The Kier molecular flexibility index (Phi) is 3.69. The number of aromatic nitrogens is 2. The van der Waals surface area contributed by atoms with E-state index >= 15 is 0 Å². The van der Waals surface area contributed by atoms with Crippen LogP contribution in [0.15, 0.2) is 34.6 Å². The van der Waals surface area contributed by atoms with Crippen molar-refractivity contribution >= 4 is 33.6 Å². The van der Waals surface area contributed by atoms with E-state index in [1.54, 1.807) is 12.3 Å². The van der Waals surface area contributed by atoms with Crippen LogP contribution in [-0.2, 0) is 6.54 Å². The number of halogens is 1. The van der Waals surface area contributed by atoms with Crippen LogP contribution in [0.2, 0.25) is 5.02 Å². The van der Waals surface area contributed by atoms with Crippen molar-refractivity contribution in [2.45, 2.75) is 20.4 Å². The predicted molar refractivity (Wildman–Crippen MR) is 87.6 cm³/mol. The number of fused-ring (bicyclic) bond motifs is 1. The Morgan fingerprint density at radius 2 is 2.14 bits per heavy atom. The van der Waals surface area contributed by atoms with Gasteiger partial charge in [0.05, 0.1) is 22.9 Å². The van der Waals surface area contributed by atoms with Gasteiger partial charge in [0.1, 0.15) is 0 Å². The lowest BCUT2D eigenvalue weighted by Gasteiger charge is -2.12. The molecule has 108 valence electrons. The summed E-state index contributed by atoms with van der Waals surface area (Å²) in [6, 6.07) is 5.53. The first-order valence-corrected chi connectivity index (χ1v) is 7.77. The first-order valence-electron chi connectivity index (χ1n) is 6.51. The molecule has 1 N–H and O–H groups in total. The number of aryl methyl sites for hydroxylation is 2. The third-order valence-electron chi connectivity index (χ3n) is 3.23. The molecule has 0 atom stereocenters. The highest BCUT2D eigenvalue weighted by Gasteiger charge is 2.07. The fourth-order valence-electron chi connectivity index (χ4n) is 2.30. The molecule has 2 aromatic heterocycles. The zero-order chi connectivity index (χ0) is 15.0. The van der Waals surface area contributed by atoms with Crippen molar-refractivity contribution in [1.82, 2.24) is 9.38 Å². The lowest BCUT2D eigenvalue weighted by molar-refractivity contribution is 0.988. The van der Waals surface area contributed by atoms with Gasteiger partial charge < -0.3 is 5.32 Å². The third-order valence-corrected chi connectivity index (χ3v) is 4.29. The number of thiazole rings is 1. The van der Waals surface area contributed by atoms with E-state index in [0.29, 0.717) is 22.2 Å². The molecule has 2 heterocycles. The molecule has 4 nitrogen and oxygen atoms in total. The minimum absolute atomic E-state index is 0.0650. The van der Waals surface area contributed by atoms with Gasteiger partial charge >= 0.3 is 0 Å². The van der Waals surface area contributed by atoms with Crippen LogP contribution in [0.4, 0.5) is 5.69 Å². The molecule has 0 saturated carbocycles. The monoisotopic (exact) mass is 319 g/mol. The summed E-state index contributed by atoms with van der Waals surface area (Å²) in [6.07, 6.45) is 1.73. The molecule has 0 radical (unpaired) electrons. The summed E-state index contributed by atoms with van der Waals surface area (Å²) < 4.78 is 1.54. The number of nitrogens with zero attached hydrogens (tertiary/aromatic N) is 2. The Hall–Kier alpha value is -1.85. The molecule has 0 aliphatic heterocycles. The molecule has 1 aromatic carbocycles. The second kappa shape index (κ2) is 5.50. The molecule has 0 bridgehead atoms. The van der Waals surface area contributed by atoms with Gasteiger partial charge in [-0.05, 0) is 31.0 Å².